The Morgan fingerprint density at radius 1 is 1.04 bits per heavy atom. The van der Waals surface area contributed by atoms with Crippen molar-refractivity contribution in [1.82, 2.24) is 4.57 Å². The molecule has 7 heteroatoms. The first-order chi connectivity index (χ1) is 11.6. The van der Waals surface area contributed by atoms with Crippen LogP contribution in [-0.2, 0) is 12.7 Å². The average Bonchev–Trinajstić information content (AvgIpc) is 2.50. The van der Waals surface area contributed by atoms with Crippen molar-refractivity contribution in [2.75, 3.05) is 0 Å². The molecule has 3 aromatic rings. The van der Waals surface area contributed by atoms with Gasteiger partial charge in [0.2, 0.25) is 0 Å². The number of pyridine rings is 1. The van der Waals surface area contributed by atoms with Crippen molar-refractivity contribution in [2.24, 2.45) is 0 Å². The molecule has 4 nitrogen and oxygen atoms in total. The summed E-state index contributed by atoms with van der Waals surface area (Å²) in [6.45, 7) is 3.58. The van der Waals surface area contributed by atoms with Crippen LogP contribution in [0.5, 0.6) is 0 Å². The summed E-state index contributed by atoms with van der Waals surface area (Å²) in [7, 11) is 0. The van der Waals surface area contributed by atoms with Gasteiger partial charge in [-0.3, -0.25) is 4.79 Å². The summed E-state index contributed by atoms with van der Waals surface area (Å²) in [6.07, 6.45) is -3.80. The highest BCUT2D eigenvalue weighted by Gasteiger charge is 2.31. The zero-order valence-corrected chi connectivity index (χ0v) is 13.5. The van der Waals surface area contributed by atoms with E-state index in [-0.39, 0.29) is 6.54 Å². The van der Waals surface area contributed by atoms with Gasteiger partial charge in [-0.15, -0.1) is 0 Å². The Hall–Kier alpha value is -2.83. The van der Waals surface area contributed by atoms with Crippen molar-refractivity contribution in [2.45, 2.75) is 26.6 Å². The van der Waals surface area contributed by atoms with Crippen molar-refractivity contribution in [3.63, 3.8) is 0 Å². The lowest BCUT2D eigenvalue weighted by molar-refractivity contribution is -0.138. The van der Waals surface area contributed by atoms with Gasteiger partial charge in [-0.2, -0.15) is 13.2 Å². The number of hydrogen-bond acceptors (Lipinski definition) is 3. The second-order valence-corrected chi connectivity index (χ2v) is 5.90. The molecule has 0 spiro atoms. The first-order valence-corrected chi connectivity index (χ1v) is 7.47. The molecule has 0 atom stereocenters. The fourth-order valence-electron chi connectivity index (χ4n) is 2.62. The summed E-state index contributed by atoms with van der Waals surface area (Å²) in [5.41, 5.74) is 0.500. The van der Waals surface area contributed by atoms with Gasteiger partial charge >= 0.3 is 11.8 Å². The Morgan fingerprint density at radius 2 is 1.72 bits per heavy atom. The van der Waals surface area contributed by atoms with Crippen LogP contribution in [0.4, 0.5) is 13.2 Å². The molecule has 0 fully saturated rings. The minimum Gasteiger partial charge on any atom is -0.423 e. The van der Waals surface area contributed by atoms with Gasteiger partial charge in [-0.1, -0.05) is 0 Å². The summed E-state index contributed by atoms with van der Waals surface area (Å²) in [6, 6.07) is 6.30. The van der Waals surface area contributed by atoms with E-state index in [0.717, 1.165) is 34.0 Å². The van der Waals surface area contributed by atoms with E-state index in [9.17, 15) is 22.8 Å². The van der Waals surface area contributed by atoms with E-state index < -0.39 is 22.9 Å². The summed E-state index contributed by atoms with van der Waals surface area (Å²) in [4.78, 5) is 23.7. The molecule has 0 bridgehead atoms. The number of benzene rings is 1. The largest absolute Gasteiger partial charge is 0.423 e. The fourth-order valence-corrected chi connectivity index (χ4v) is 2.62. The number of halogens is 3. The molecule has 0 aliphatic rings. The molecule has 0 N–H and O–H groups in total. The second-order valence-electron chi connectivity index (χ2n) is 5.90. The van der Waals surface area contributed by atoms with Crippen molar-refractivity contribution >= 4 is 11.0 Å². The van der Waals surface area contributed by atoms with Gasteiger partial charge in [-0.25, -0.2) is 4.79 Å². The molecule has 2 heterocycles. The standard InChI is InChI=1S/C18H14F3NO3/c1-10-5-14-12(7-17(24)25-15(14)6-11(10)2)8-22-9-13(18(19,20)21)3-4-16(22)23/h3-7,9H,8H2,1-2H3. The van der Waals surface area contributed by atoms with E-state index in [1.165, 1.54) is 6.07 Å². The highest BCUT2D eigenvalue weighted by Crippen LogP contribution is 2.28. The molecule has 3 rings (SSSR count). The van der Waals surface area contributed by atoms with Gasteiger partial charge in [0.25, 0.3) is 5.56 Å². The summed E-state index contributed by atoms with van der Waals surface area (Å²) in [5, 5.41) is 0.590. The Morgan fingerprint density at radius 3 is 2.40 bits per heavy atom. The number of hydrogen-bond donors (Lipinski definition) is 0. The summed E-state index contributed by atoms with van der Waals surface area (Å²) in [5.74, 6) is 0. The third-order valence-electron chi connectivity index (χ3n) is 4.10. The highest BCUT2D eigenvalue weighted by atomic mass is 19.4. The molecule has 0 radical (unpaired) electrons. The first-order valence-electron chi connectivity index (χ1n) is 7.47. The lowest BCUT2D eigenvalue weighted by atomic mass is 10.0. The third kappa shape index (κ3) is 3.35. The molecule has 0 saturated carbocycles. The zero-order valence-electron chi connectivity index (χ0n) is 13.5. The number of fused-ring (bicyclic) bond motifs is 1. The van der Waals surface area contributed by atoms with Gasteiger partial charge in [0.15, 0.2) is 0 Å². The minimum atomic E-state index is -4.55. The van der Waals surface area contributed by atoms with Crippen LogP contribution in [0.25, 0.3) is 11.0 Å². The molecule has 0 amide bonds. The van der Waals surface area contributed by atoms with Crippen LogP contribution in [-0.4, -0.2) is 4.57 Å². The number of aromatic nitrogens is 1. The van der Waals surface area contributed by atoms with Gasteiger partial charge in [-0.05, 0) is 48.7 Å². The molecule has 0 unspecified atom stereocenters. The topological polar surface area (TPSA) is 52.2 Å². The number of rotatable bonds is 2. The smallest absolute Gasteiger partial charge is 0.417 e. The molecule has 25 heavy (non-hydrogen) atoms. The van der Waals surface area contributed by atoms with E-state index in [2.05, 4.69) is 0 Å². The Bertz CT molecular complexity index is 1080. The van der Waals surface area contributed by atoms with E-state index in [1.807, 2.05) is 13.8 Å². The van der Waals surface area contributed by atoms with Gasteiger partial charge in [0, 0.05) is 23.7 Å². The van der Waals surface area contributed by atoms with Crippen LogP contribution in [0.15, 0.2) is 50.5 Å². The molecule has 130 valence electrons. The quantitative estimate of drug-likeness (QED) is 0.664. The van der Waals surface area contributed by atoms with Crippen LogP contribution in [0.1, 0.15) is 22.3 Å². The maximum atomic E-state index is 12.9. The summed E-state index contributed by atoms with van der Waals surface area (Å²) >= 11 is 0. The van der Waals surface area contributed by atoms with Crippen molar-refractivity contribution in [3.05, 3.63) is 79.6 Å². The van der Waals surface area contributed by atoms with Crippen LogP contribution < -0.4 is 11.2 Å². The SMILES string of the molecule is Cc1cc2oc(=O)cc(Cn3cc(C(F)(F)F)ccc3=O)c2cc1C. The molecule has 2 aromatic heterocycles. The van der Waals surface area contributed by atoms with Gasteiger partial charge < -0.3 is 8.98 Å². The third-order valence-corrected chi connectivity index (χ3v) is 4.10. The Kier molecular flexibility index (Phi) is 4.02. The predicted octanol–water partition coefficient (Wildman–Crippen LogP) is 3.64. The highest BCUT2D eigenvalue weighted by molar-refractivity contribution is 5.81. The molecule has 0 aliphatic carbocycles. The maximum absolute atomic E-state index is 12.9. The first kappa shape index (κ1) is 17.0. The monoisotopic (exact) mass is 349 g/mol. The van der Waals surface area contributed by atoms with Crippen LogP contribution in [0.2, 0.25) is 0 Å². The van der Waals surface area contributed by atoms with Crippen molar-refractivity contribution in [1.29, 1.82) is 0 Å². The molecule has 1 aromatic carbocycles. The maximum Gasteiger partial charge on any atom is 0.417 e. The Balaban J connectivity index is 2.17. The van der Waals surface area contributed by atoms with Gasteiger partial charge in [0.1, 0.15) is 5.58 Å². The van der Waals surface area contributed by atoms with E-state index in [0.29, 0.717) is 16.5 Å². The predicted molar refractivity (Wildman–Crippen MR) is 86.8 cm³/mol. The molecular formula is C18H14F3NO3. The fraction of sp³-hybridized carbons (Fsp3) is 0.222. The lowest BCUT2D eigenvalue weighted by Crippen LogP contribution is -2.22. The number of alkyl halides is 3. The van der Waals surface area contributed by atoms with Crippen LogP contribution in [0, 0.1) is 13.8 Å². The second kappa shape index (κ2) is 5.91. The summed E-state index contributed by atoms with van der Waals surface area (Å²) < 4.78 is 44.7. The van der Waals surface area contributed by atoms with Crippen molar-refractivity contribution < 1.29 is 17.6 Å². The molecule has 0 aliphatic heterocycles. The number of nitrogens with zero attached hydrogens (tertiary/aromatic N) is 1. The van der Waals surface area contributed by atoms with E-state index in [4.69, 9.17) is 4.42 Å². The number of aryl methyl sites for hydroxylation is 2. The van der Waals surface area contributed by atoms with Crippen LogP contribution in [0.3, 0.4) is 0 Å². The van der Waals surface area contributed by atoms with Crippen LogP contribution >= 0.6 is 0 Å². The lowest BCUT2D eigenvalue weighted by Gasteiger charge is -2.12. The van der Waals surface area contributed by atoms with Gasteiger partial charge in [0.05, 0.1) is 12.1 Å². The minimum absolute atomic E-state index is 0.159. The molecular weight excluding hydrogens is 335 g/mol. The van der Waals surface area contributed by atoms with E-state index in [1.54, 1.807) is 12.1 Å². The zero-order chi connectivity index (χ0) is 18.4. The van der Waals surface area contributed by atoms with E-state index >= 15 is 0 Å². The molecule has 0 saturated heterocycles. The Labute approximate surface area is 140 Å². The normalized spacial score (nSPS) is 11.9. The average molecular weight is 349 g/mol. The van der Waals surface area contributed by atoms with Crippen molar-refractivity contribution in [3.8, 4) is 0 Å².